The minimum absolute atomic E-state index is 0.125. The summed E-state index contributed by atoms with van der Waals surface area (Å²) in [6, 6.07) is 0.607. The average Bonchev–Trinajstić information content (AvgIpc) is 2.52. The number of hydrogen-bond donors (Lipinski definition) is 1. The third kappa shape index (κ3) is 2.44. The Bertz CT molecular complexity index is 180. The van der Waals surface area contributed by atoms with Crippen molar-refractivity contribution in [1.82, 2.24) is 10.2 Å². The molecule has 0 radical (unpaired) electrons. The number of likely N-dealkylation sites (tertiary alicyclic amines) is 1. The molecule has 0 aliphatic carbocycles. The van der Waals surface area contributed by atoms with Crippen LogP contribution in [-0.2, 0) is 4.79 Å². The van der Waals surface area contributed by atoms with Gasteiger partial charge in [0, 0.05) is 12.6 Å². The van der Waals surface area contributed by atoms with Crippen molar-refractivity contribution in [2.24, 2.45) is 0 Å². The highest BCUT2D eigenvalue weighted by Crippen LogP contribution is 2.19. The van der Waals surface area contributed by atoms with Gasteiger partial charge in [-0.25, -0.2) is 0 Å². The molecular weight excluding hydrogens is 164 g/mol. The lowest BCUT2D eigenvalue weighted by molar-refractivity contribution is -0.125. The summed E-state index contributed by atoms with van der Waals surface area (Å²) in [5.41, 5.74) is 0. The predicted octanol–water partition coefficient (Wildman–Crippen LogP) is 0.995. The molecule has 0 aromatic rings. The summed E-state index contributed by atoms with van der Waals surface area (Å²) in [5, 5.41) is 2.89. The van der Waals surface area contributed by atoms with E-state index in [4.69, 9.17) is 0 Å². The topological polar surface area (TPSA) is 32.3 Å². The van der Waals surface area contributed by atoms with Gasteiger partial charge in [0.05, 0.1) is 6.04 Å². The molecule has 0 aromatic carbocycles. The van der Waals surface area contributed by atoms with Crippen molar-refractivity contribution in [3.8, 4) is 0 Å². The Hall–Kier alpha value is -0.570. The summed E-state index contributed by atoms with van der Waals surface area (Å²) in [4.78, 5) is 13.9. The zero-order chi connectivity index (χ0) is 9.84. The minimum Gasteiger partial charge on any atom is -0.355 e. The fourth-order valence-electron chi connectivity index (χ4n) is 1.98. The van der Waals surface area contributed by atoms with Gasteiger partial charge in [-0.2, -0.15) is 0 Å². The molecule has 3 heteroatoms. The van der Waals surface area contributed by atoms with E-state index in [1.54, 1.807) is 0 Å². The zero-order valence-corrected chi connectivity index (χ0v) is 8.84. The fourth-order valence-corrected chi connectivity index (χ4v) is 1.98. The van der Waals surface area contributed by atoms with Gasteiger partial charge in [0.1, 0.15) is 0 Å². The Morgan fingerprint density at radius 3 is 2.85 bits per heavy atom. The van der Waals surface area contributed by atoms with Gasteiger partial charge >= 0.3 is 0 Å². The van der Waals surface area contributed by atoms with Crippen LogP contribution in [0.5, 0.6) is 0 Å². The van der Waals surface area contributed by atoms with Gasteiger partial charge in [-0.05, 0) is 40.2 Å². The first-order valence-corrected chi connectivity index (χ1v) is 5.20. The highest BCUT2D eigenvalue weighted by atomic mass is 16.2. The molecule has 1 amide bonds. The molecule has 1 aliphatic rings. The van der Waals surface area contributed by atoms with Crippen molar-refractivity contribution >= 4 is 5.91 Å². The van der Waals surface area contributed by atoms with Crippen molar-refractivity contribution < 1.29 is 4.79 Å². The number of nitrogens with zero attached hydrogens (tertiary/aromatic N) is 1. The van der Waals surface area contributed by atoms with Gasteiger partial charge in [0.15, 0.2) is 0 Å². The van der Waals surface area contributed by atoms with E-state index in [-0.39, 0.29) is 11.9 Å². The summed E-state index contributed by atoms with van der Waals surface area (Å²) in [6.45, 7) is 8.07. The number of hydrogen-bond acceptors (Lipinski definition) is 2. The molecule has 1 heterocycles. The third-order valence-electron chi connectivity index (χ3n) is 2.61. The first-order valence-electron chi connectivity index (χ1n) is 5.20. The van der Waals surface area contributed by atoms with E-state index in [1.807, 2.05) is 6.92 Å². The standard InChI is InChI=1S/C10H20N2O/c1-4-11-10(13)9-6-5-7-12(9)8(2)3/h8-9H,4-7H2,1-3H3,(H,11,13)/t9-/m0/s1. The van der Waals surface area contributed by atoms with Crippen molar-refractivity contribution in [2.75, 3.05) is 13.1 Å². The molecule has 0 unspecified atom stereocenters. The number of amides is 1. The van der Waals surface area contributed by atoms with E-state index in [2.05, 4.69) is 24.1 Å². The Morgan fingerprint density at radius 2 is 2.31 bits per heavy atom. The summed E-state index contributed by atoms with van der Waals surface area (Å²) in [6.07, 6.45) is 2.17. The maximum atomic E-state index is 11.6. The zero-order valence-electron chi connectivity index (χ0n) is 8.84. The lowest BCUT2D eigenvalue weighted by atomic mass is 10.2. The maximum Gasteiger partial charge on any atom is 0.237 e. The largest absolute Gasteiger partial charge is 0.355 e. The van der Waals surface area contributed by atoms with Gasteiger partial charge in [-0.3, -0.25) is 9.69 Å². The van der Waals surface area contributed by atoms with Crippen LogP contribution in [0.4, 0.5) is 0 Å². The molecular formula is C10H20N2O. The number of likely N-dealkylation sites (N-methyl/N-ethyl adjacent to an activating group) is 1. The summed E-state index contributed by atoms with van der Waals surface area (Å²) in [7, 11) is 0. The monoisotopic (exact) mass is 184 g/mol. The Kier molecular flexibility index (Phi) is 3.72. The summed E-state index contributed by atoms with van der Waals surface area (Å²) < 4.78 is 0. The lowest BCUT2D eigenvalue weighted by Crippen LogP contribution is -2.45. The fraction of sp³-hybridized carbons (Fsp3) is 0.900. The van der Waals surface area contributed by atoms with Gasteiger partial charge < -0.3 is 5.32 Å². The molecule has 0 aromatic heterocycles. The Morgan fingerprint density at radius 1 is 1.62 bits per heavy atom. The molecule has 1 saturated heterocycles. The second kappa shape index (κ2) is 4.61. The Labute approximate surface area is 80.5 Å². The van der Waals surface area contributed by atoms with Crippen LogP contribution in [0, 0.1) is 0 Å². The lowest BCUT2D eigenvalue weighted by Gasteiger charge is -2.27. The van der Waals surface area contributed by atoms with Gasteiger partial charge in [-0.1, -0.05) is 0 Å². The van der Waals surface area contributed by atoms with Gasteiger partial charge in [0.2, 0.25) is 5.91 Å². The number of carbonyl (C=O) groups excluding carboxylic acids is 1. The molecule has 1 aliphatic heterocycles. The second-order valence-electron chi connectivity index (χ2n) is 3.88. The number of rotatable bonds is 3. The van der Waals surface area contributed by atoms with E-state index in [1.165, 1.54) is 0 Å². The van der Waals surface area contributed by atoms with Gasteiger partial charge in [-0.15, -0.1) is 0 Å². The molecule has 0 bridgehead atoms. The highest BCUT2D eigenvalue weighted by Gasteiger charge is 2.31. The molecule has 3 nitrogen and oxygen atoms in total. The molecule has 1 N–H and O–H groups in total. The average molecular weight is 184 g/mol. The smallest absolute Gasteiger partial charge is 0.237 e. The normalized spacial score (nSPS) is 23.8. The number of carbonyl (C=O) groups is 1. The van der Waals surface area contributed by atoms with Crippen LogP contribution in [0.2, 0.25) is 0 Å². The second-order valence-corrected chi connectivity index (χ2v) is 3.88. The number of nitrogens with one attached hydrogen (secondary N) is 1. The van der Waals surface area contributed by atoms with Crippen LogP contribution in [0.3, 0.4) is 0 Å². The van der Waals surface area contributed by atoms with Crippen LogP contribution >= 0.6 is 0 Å². The third-order valence-corrected chi connectivity index (χ3v) is 2.61. The molecule has 0 saturated carbocycles. The maximum absolute atomic E-state index is 11.6. The van der Waals surface area contributed by atoms with Crippen molar-refractivity contribution in [3.05, 3.63) is 0 Å². The van der Waals surface area contributed by atoms with E-state index in [0.717, 1.165) is 25.9 Å². The van der Waals surface area contributed by atoms with Crippen molar-refractivity contribution in [1.29, 1.82) is 0 Å². The summed E-state index contributed by atoms with van der Waals surface area (Å²) >= 11 is 0. The molecule has 1 rings (SSSR count). The highest BCUT2D eigenvalue weighted by molar-refractivity contribution is 5.82. The molecule has 1 atom stereocenters. The van der Waals surface area contributed by atoms with E-state index >= 15 is 0 Å². The van der Waals surface area contributed by atoms with Gasteiger partial charge in [0.25, 0.3) is 0 Å². The predicted molar refractivity (Wildman–Crippen MR) is 53.5 cm³/mol. The molecule has 13 heavy (non-hydrogen) atoms. The van der Waals surface area contributed by atoms with Crippen LogP contribution in [0.25, 0.3) is 0 Å². The molecule has 1 fully saturated rings. The summed E-state index contributed by atoms with van der Waals surface area (Å²) in [5.74, 6) is 0.203. The quantitative estimate of drug-likeness (QED) is 0.709. The van der Waals surface area contributed by atoms with Crippen LogP contribution in [-0.4, -0.2) is 36.0 Å². The van der Waals surface area contributed by atoms with Crippen molar-refractivity contribution in [3.63, 3.8) is 0 Å². The van der Waals surface area contributed by atoms with Crippen molar-refractivity contribution in [2.45, 2.75) is 45.7 Å². The minimum atomic E-state index is 0.125. The van der Waals surface area contributed by atoms with Crippen LogP contribution in [0.1, 0.15) is 33.6 Å². The van der Waals surface area contributed by atoms with E-state index in [9.17, 15) is 4.79 Å². The van der Waals surface area contributed by atoms with Crippen LogP contribution < -0.4 is 5.32 Å². The molecule has 76 valence electrons. The van der Waals surface area contributed by atoms with E-state index < -0.39 is 0 Å². The first kappa shape index (κ1) is 10.5. The Balaban J connectivity index is 2.52. The van der Waals surface area contributed by atoms with E-state index in [0.29, 0.717) is 6.04 Å². The molecule has 0 spiro atoms. The van der Waals surface area contributed by atoms with Crippen LogP contribution in [0.15, 0.2) is 0 Å². The SMILES string of the molecule is CCNC(=O)[C@@H]1CCCN1C(C)C. The first-order chi connectivity index (χ1) is 6.16.